The highest BCUT2D eigenvalue weighted by Crippen LogP contribution is 2.44. The van der Waals surface area contributed by atoms with Gasteiger partial charge in [0.1, 0.15) is 12.6 Å². The molecular formula is C22H19N3O4. The number of amides is 1. The van der Waals surface area contributed by atoms with Gasteiger partial charge in [0.25, 0.3) is 0 Å². The number of carboxylic acid groups (broad SMARTS) is 1. The largest absolute Gasteiger partial charge is 0.480 e. The first-order chi connectivity index (χ1) is 14.1. The number of carboxylic acids is 1. The predicted molar refractivity (Wildman–Crippen MR) is 104 cm³/mol. The topological polar surface area (TPSA) is 95.5 Å². The highest BCUT2D eigenvalue weighted by atomic mass is 16.6. The molecular weight excluding hydrogens is 370 g/mol. The number of aliphatic carboxylic acids is 1. The van der Waals surface area contributed by atoms with Crippen molar-refractivity contribution in [2.75, 3.05) is 6.61 Å². The fourth-order valence-electron chi connectivity index (χ4n) is 4.34. The second kappa shape index (κ2) is 6.77. The van der Waals surface area contributed by atoms with Crippen molar-refractivity contribution in [3.05, 3.63) is 77.1 Å². The quantitative estimate of drug-likeness (QED) is 0.717. The number of rotatable bonds is 3. The molecule has 0 radical (unpaired) electrons. The van der Waals surface area contributed by atoms with Gasteiger partial charge < -0.3 is 9.84 Å². The summed E-state index contributed by atoms with van der Waals surface area (Å²) in [6.07, 6.45) is 1.20. The number of carbonyl (C=O) groups excluding carboxylic acids is 1. The number of nitrogens with one attached hydrogen (secondary N) is 1. The van der Waals surface area contributed by atoms with Gasteiger partial charge in [-0.2, -0.15) is 5.10 Å². The molecule has 0 fully saturated rings. The molecule has 0 bridgehead atoms. The summed E-state index contributed by atoms with van der Waals surface area (Å²) in [7, 11) is 0. The number of fused-ring (bicyclic) bond motifs is 4. The highest BCUT2D eigenvalue weighted by Gasteiger charge is 2.37. The number of carbonyl (C=O) groups is 2. The van der Waals surface area contributed by atoms with Gasteiger partial charge in [-0.1, -0.05) is 48.5 Å². The van der Waals surface area contributed by atoms with E-state index in [0.717, 1.165) is 33.5 Å². The first-order valence-electron chi connectivity index (χ1n) is 9.49. The number of aromatic amines is 1. The van der Waals surface area contributed by atoms with E-state index in [0.29, 0.717) is 0 Å². The molecule has 7 nitrogen and oxygen atoms in total. The van der Waals surface area contributed by atoms with Crippen LogP contribution in [0.4, 0.5) is 4.79 Å². The van der Waals surface area contributed by atoms with Crippen LogP contribution in [0.1, 0.15) is 28.3 Å². The molecule has 29 heavy (non-hydrogen) atoms. The summed E-state index contributed by atoms with van der Waals surface area (Å²) in [5.74, 6) is -1.12. The Morgan fingerprint density at radius 2 is 1.76 bits per heavy atom. The van der Waals surface area contributed by atoms with Crippen LogP contribution in [0.2, 0.25) is 0 Å². The third-order valence-electron chi connectivity index (χ3n) is 5.78. The van der Waals surface area contributed by atoms with Crippen LogP contribution in [0.5, 0.6) is 0 Å². The van der Waals surface area contributed by atoms with E-state index >= 15 is 0 Å². The Labute approximate surface area is 166 Å². The van der Waals surface area contributed by atoms with Gasteiger partial charge >= 0.3 is 12.1 Å². The first kappa shape index (κ1) is 17.5. The minimum atomic E-state index is -1.05. The van der Waals surface area contributed by atoms with Crippen molar-refractivity contribution < 1.29 is 19.4 Å². The van der Waals surface area contributed by atoms with Gasteiger partial charge in [0.15, 0.2) is 0 Å². The molecule has 1 amide bonds. The molecule has 1 aliphatic carbocycles. The number of benzene rings is 2. The number of hydrogen-bond acceptors (Lipinski definition) is 4. The van der Waals surface area contributed by atoms with Crippen LogP contribution in [-0.4, -0.2) is 44.9 Å². The monoisotopic (exact) mass is 389 g/mol. The van der Waals surface area contributed by atoms with Gasteiger partial charge in [0.2, 0.25) is 0 Å². The third-order valence-corrected chi connectivity index (χ3v) is 5.78. The van der Waals surface area contributed by atoms with E-state index in [4.69, 9.17) is 4.74 Å². The van der Waals surface area contributed by atoms with Crippen molar-refractivity contribution in [2.45, 2.75) is 24.9 Å². The number of ether oxygens (including phenoxy) is 1. The van der Waals surface area contributed by atoms with Crippen LogP contribution in [0, 0.1) is 0 Å². The summed E-state index contributed by atoms with van der Waals surface area (Å²) in [6.45, 7) is 0.300. The van der Waals surface area contributed by atoms with Crippen molar-refractivity contribution in [3.63, 3.8) is 0 Å². The summed E-state index contributed by atoms with van der Waals surface area (Å²) < 4.78 is 5.64. The van der Waals surface area contributed by atoms with Crippen molar-refractivity contribution in [1.82, 2.24) is 15.1 Å². The Hall–Kier alpha value is -3.61. The third kappa shape index (κ3) is 2.86. The predicted octanol–water partition coefficient (Wildman–Crippen LogP) is 3.17. The Morgan fingerprint density at radius 1 is 1.10 bits per heavy atom. The smallest absolute Gasteiger partial charge is 0.410 e. The molecule has 5 rings (SSSR count). The molecule has 1 unspecified atom stereocenters. The fraction of sp³-hybridized carbons (Fsp3) is 0.227. The summed E-state index contributed by atoms with van der Waals surface area (Å²) >= 11 is 0. The average Bonchev–Trinajstić information content (AvgIpc) is 3.33. The molecule has 2 aliphatic rings. The molecule has 1 aliphatic heterocycles. The highest BCUT2D eigenvalue weighted by molar-refractivity contribution is 5.82. The molecule has 0 spiro atoms. The van der Waals surface area contributed by atoms with Crippen LogP contribution in [0.25, 0.3) is 11.1 Å². The number of nitrogens with zero attached hydrogens (tertiary/aromatic N) is 2. The Kier molecular flexibility index (Phi) is 4.08. The van der Waals surface area contributed by atoms with Crippen LogP contribution in [0.15, 0.2) is 54.7 Å². The molecule has 146 valence electrons. The van der Waals surface area contributed by atoms with Crippen LogP contribution in [0.3, 0.4) is 0 Å². The summed E-state index contributed by atoms with van der Waals surface area (Å²) in [5.41, 5.74) is 6.09. The minimum Gasteiger partial charge on any atom is -0.480 e. The minimum absolute atomic E-state index is 0.0675. The molecule has 3 aromatic rings. The molecule has 0 saturated carbocycles. The number of H-pyrrole nitrogens is 1. The van der Waals surface area contributed by atoms with Crippen LogP contribution >= 0.6 is 0 Å². The molecule has 2 aromatic carbocycles. The van der Waals surface area contributed by atoms with E-state index in [-0.39, 0.29) is 25.5 Å². The first-order valence-corrected chi connectivity index (χ1v) is 9.49. The normalized spacial score (nSPS) is 17.4. The number of hydrogen-bond donors (Lipinski definition) is 2. The second-order valence-electron chi connectivity index (χ2n) is 7.36. The van der Waals surface area contributed by atoms with Crippen LogP contribution < -0.4 is 0 Å². The van der Waals surface area contributed by atoms with Gasteiger partial charge in [-0.25, -0.2) is 9.59 Å². The average molecular weight is 389 g/mol. The number of aromatic nitrogens is 2. The Morgan fingerprint density at radius 3 is 2.41 bits per heavy atom. The molecule has 2 N–H and O–H groups in total. The molecule has 1 atom stereocenters. The molecule has 7 heteroatoms. The summed E-state index contributed by atoms with van der Waals surface area (Å²) in [4.78, 5) is 25.8. The van der Waals surface area contributed by atoms with E-state index in [1.807, 2.05) is 36.4 Å². The van der Waals surface area contributed by atoms with Crippen molar-refractivity contribution >= 4 is 12.1 Å². The lowest BCUT2D eigenvalue weighted by molar-refractivity contribution is -0.143. The maximum absolute atomic E-state index is 12.8. The van der Waals surface area contributed by atoms with Gasteiger partial charge in [-0.3, -0.25) is 10.00 Å². The van der Waals surface area contributed by atoms with Crippen LogP contribution in [-0.2, 0) is 22.5 Å². The van der Waals surface area contributed by atoms with E-state index in [9.17, 15) is 14.7 Å². The van der Waals surface area contributed by atoms with Crippen molar-refractivity contribution in [2.24, 2.45) is 0 Å². The van der Waals surface area contributed by atoms with E-state index < -0.39 is 18.1 Å². The lowest BCUT2D eigenvalue weighted by atomic mass is 9.98. The standard InChI is InChI=1S/C22H19N3O4/c26-21(27)20-9-13-10-23-24-19(13)11-25(20)22(28)29-12-18-16-7-3-1-5-14(16)15-6-2-4-8-17(15)18/h1-8,10,18,20H,9,11-12H2,(H,23,24)(H,26,27). The molecule has 1 aromatic heterocycles. The lowest BCUT2D eigenvalue weighted by Gasteiger charge is -2.32. The van der Waals surface area contributed by atoms with Gasteiger partial charge in [-0.15, -0.1) is 0 Å². The van der Waals surface area contributed by atoms with E-state index in [1.54, 1.807) is 6.20 Å². The zero-order valence-corrected chi connectivity index (χ0v) is 15.5. The van der Waals surface area contributed by atoms with E-state index in [1.165, 1.54) is 4.90 Å². The SMILES string of the molecule is O=C(O)C1Cc2cn[nH]c2CN1C(=O)OCC1c2ccccc2-c2ccccc21. The Balaban J connectivity index is 1.38. The molecule has 2 heterocycles. The zero-order valence-electron chi connectivity index (χ0n) is 15.5. The van der Waals surface area contributed by atoms with Gasteiger partial charge in [0.05, 0.1) is 18.4 Å². The maximum Gasteiger partial charge on any atom is 0.410 e. The fourth-order valence-corrected chi connectivity index (χ4v) is 4.34. The van der Waals surface area contributed by atoms with Crippen molar-refractivity contribution in [1.29, 1.82) is 0 Å². The van der Waals surface area contributed by atoms with Gasteiger partial charge in [0, 0.05) is 12.3 Å². The van der Waals surface area contributed by atoms with Crippen molar-refractivity contribution in [3.8, 4) is 11.1 Å². The Bertz CT molecular complexity index is 1060. The van der Waals surface area contributed by atoms with E-state index in [2.05, 4.69) is 22.3 Å². The lowest BCUT2D eigenvalue weighted by Crippen LogP contribution is -2.49. The second-order valence-corrected chi connectivity index (χ2v) is 7.36. The molecule has 0 saturated heterocycles. The zero-order chi connectivity index (χ0) is 20.0. The summed E-state index contributed by atoms with van der Waals surface area (Å²) in [5, 5.41) is 16.4. The van der Waals surface area contributed by atoms with Gasteiger partial charge in [-0.05, 0) is 27.8 Å². The summed E-state index contributed by atoms with van der Waals surface area (Å²) in [6, 6.07) is 15.2. The maximum atomic E-state index is 12.8.